The maximum atomic E-state index is 11.6. The molecule has 0 radical (unpaired) electrons. The van der Waals surface area contributed by atoms with Crippen molar-refractivity contribution in [2.45, 2.75) is 19.4 Å². The molecule has 1 fully saturated rings. The van der Waals surface area contributed by atoms with Gasteiger partial charge in [-0.15, -0.1) is 0 Å². The highest BCUT2D eigenvalue weighted by molar-refractivity contribution is 5.86. The second-order valence-corrected chi connectivity index (χ2v) is 3.90. The van der Waals surface area contributed by atoms with Crippen LogP contribution in [0.3, 0.4) is 0 Å². The molecule has 0 bridgehead atoms. The molecule has 1 amide bonds. The first-order valence-electron chi connectivity index (χ1n) is 5.66. The molecule has 1 unspecified atom stereocenters. The summed E-state index contributed by atoms with van der Waals surface area (Å²) in [6.45, 7) is 3.43. The van der Waals surface area contributed by atoms with E-state index in [1.807, 2.05) is 17.9 Å². The number of nitrogens with zero attached hydrogens (tertiary/aromatic N) is 3. The number of hydrogen-bond acceptors (Lipinski definition) is 4. The monoisotopic (exact) mass is 230 g/mol. The summed E-state index contributed by atoms with van der Waals surface area (Å²) in [4.78, 5) is 17.8. The highest BCUT2D eigenvalue weighted by Crippen LogP contribution is 2.18. The van der Waals surface area contributed by atoms with E-state index in [1.54, 1.807) is 12.1 Å². The fourth-order valence-corrected chi connectivity index (χ4v) is 2.04. The van der Waals surface area contributed by atoms with Crippen molar-refractivity contribution in [2.75, 3.05) is 18.0 Å². The first-order chi connectivity index (χ1) is 8.26. The lowest BCUT2D eigenvalue weighted by Gasteiger charge is -2.26. The smallest absolute Gasteiger partial charge is 0.242 e. The third-order valence-electron chi connectivity index (χ3n) is 2.91. The molecule has 1 aliphatic heterocycles. The third kappa shape index (κ3) is 2.21. The Kier molecular flexibility index (Phi) is 3.24. The molecule has 5 nitrogen and oxygen atoms in total. The van der Waals surface area contributed by atoms with Crippen molar-refractivity contribution in [3.05, 3.63) is 23.9 Å². The quantitative estimate of drug-likeness (QED) is 0.828. The van der Waals surface area contributed by atoms with Gasteiger partial charge in [0, 0.05) is 19.3 Å². The van der Waals surface area contributed by atoms with Crippen molar-refractivity contribution < 1.29 is 4.79 Å². The standard InChI is InChI=1S/C12H14N4O/c1-2-16(10-5-6-14-12(10)17)11-4-3-9(7-13)8-15-11/h3-4,8,10H,2,5-6H2,1H3,(H,14,17). The lowest BCUT2D eigenvalue weighted by molar-refractivity contribution is -0.120. The Balaban J connectivity index is 2.22. The molecule has 0 saturated carbocycles. The van der Waals surface area contributed by atoms with E-state index in [4.69, 9.17) is 5.26 Å². The van der Waals surface area contributed by atoms with Gasteiger partial charge in [-0.2, -0.15) is 5.26 Å². The molecule has 17 heavy (non-hydrogen) atoms. The van der Waals surface area contributed by atoms with Gasteiger partial charge < -0.3 is 10.2 Å². The molecule has 1 N–H and O–H groups in total. The minimum Gasteiger partial charge on any atom is -0.354 e. The van der Waals surface area contributed by atoms with Crippen LogP contribution < -0.4 is 10.2 Å². The van der Waals surface area contributed by atoms with E-state index in [9.17, 15) is 4.79 Å². The van der Waals surface area contributed by atoms with Crippen molar-refractivity contribution in [3.8, 4) is 6.07 Å². The number of anilines is 1. The number of amides is 1. The van der Waals surface area contributed by atoms with E-state index >= 15 is 0 Å². The highest BCUT2D eigenvalue weighted by atomic mass is 16.2. The Morgan fingerprint density at radius 2 is 2.47 bits per heavy atom. The van der Waals surface area contributed by atoms with Gasteiger partial charge in [0.15, 0.2) is 0 Å². The summed E-state index contributed by atoms with van der Waals surface area (Å²) < 4.78 is 0. The third-order valence-corrected chi connectivity index (χ3v) is 2.91. The summed E-state index contributed by atoms with van der Waals surface area (Å²) >= 11 is 0. The molecule has 1 aliphatic rings. The van der Waals surface area contributed by atoms with Gasteiger partial charge in [0.05, 0.1) is 5.56 Å². The fourth-order valence-electron chi connectivity index (χ4n) is 2.04. The molecule has 2 rings (SSSR count). The van der Waals surface area contributed by atoms with Gasteiger partial charge in [-0.1, -0.05) is 0 Å². The molecule has 1 saturated heterocycles. The predicted molar refractivity (Wildman–Crippen MR) is 63.4 cm³/mol. The molecule has 0 aliphatic carbocycles. The molecule has 2 heterocycles. The first-order valence-corrected chi connectivity index (χ1v) is 5.66. The van der Waals surface area contributed by atoms with Crippen molar-refractivity contribution >= 4 is 11.7 Å². The van der Waals surface area contributed by atoms with E-state index in [-0.39, 0.29) is 11.9 Å². The normalized spacial score (nSPS) is 18.6. The first kappa shape index (κ1) is 11.4. The Labute approximate surface area is 100 Å². The summed E-state index contributed by atoms with van der Waals surface area (Å²) in [7, 11) is 0. The Morgan fingerprint density at radius 1 is 1.65 bits per heavy atom. The topological polar surface area (TPSA) is 69.0 Å². The molecule has 0 aromatic carbocycles. The fraction of sp³-hybridized carbons (Fsp3) is 0.417. The molecule has 5 heteroatoms. The highest BCUT2D eigenvalue weighted by Gasteiger charge is 2.29. The van der Waals surface area contributed by atoms with Gasteiger partial charge in [0.2, 0.25) is 5.91 Å². The summed E-state index contributed by atoms with van der Waals surface area (Å²) in [5, 5.41) is 11.5. The maximum absolute atomic E-state index is 11.6. The van der Waals surface area contributed by atoms with E-state index in [0.29, 0.717) is 5.56 Å². The Bertz CT molecular complexity index is 449. The Hall–Kier alpha value is -2.09. The summed E-state index contributed by atoms with van der Waals surface area (Å²) in [5.74, 6) is 0.798. The molecule has 1 aromatic heterocycles. The van der Waals surface area contributed by atoms with E-state index in [2.05, 4.69) is 10.3 Å². The van der Waals surface area contributed by atoms with Gasteiger partial charge in [0.25, 0.3) is 0 Å². The van der Waals surface area contributed by atoms with Crippen molar-refractivity contribution in [1.82, 2.24) is 10.3 Å². The van der Waals surface area contributed by atoms with Crippen LogP contribution in [-0.2, 0) is 4.79 Å². The van der Waals surface area contributed by atoms with Crippen LogP contribution in [0.2, 0.25) is 0 Å². The van der Waals surface area contributed by atoms with Crippen molar-refractivity contribution in [3.63, 3.8) is 0 Å². The summed E-state index contributed by atoms with van der Waals surface area (Å²) in [6.07, 6.45) is 2.33. The van der Waals surface area contributed by atoms with E-state index in [1.165, 1.54) is 6.20 Å². The molecule has 1 aromatic rings. The molecule has 88 valence electrons. The largest absolute Gasteiger partial charge is 0.354 e. The van der Waals surface area contributed by atoms with Crippen LogP contribution in [0.1, 0.15) is 18.9 Å². The van der Waals surface area contributed by atoms with Crippen LogP contribution in [0.4, 0.5) is 5.82 Å². The summed E-state index contributed by atoms with van der Waals surface area (Å²) in [6, 6.07) is 5.40. The number of carbonyl (C=O) groups is 1. The van der Waals surface area contributed by atoms with Gasteiger partial charge in [-0.3, -0.25) is 4.79 Å². The second-order valence-electron chi connectivity index (χ2n) is 3.90. The number of pyridine rings is 1. The van der Waals surface area contributed by atoms with Gasteiger partial charge >= 0.3 is 0 Å². The minimum absolute atomic E-state index is 0.0537. The lowest BCUT2D eigenvalue weighted by Crippen LogP contribution is -2.41. The maximum Gasteiger partial charge on any atom is 0.242 e. The minimum atomic E-state index is -0.138. The number of nitriles is 1. The van der Waals surface area contributed by atoms with Crippen LogP contribution in [0.25, 0.3) is 0 Å². The molecule has 0 spiro atoms. The zero-order valence-corrected chi connectivity index (χ0v) is 9.68. The van der Waals surface area contributed by atoms with E-state index in [0.717, 1.165) is 25.3 Å². The molecule has 1 atom stereocenters. The van der Waals surface area contributed by atoms with Gasteiger partial charge in [-0.05, 0) is 25.5 Å². The molecular weight excluding hydrogens is 216 g/mol. The number of nitrogens with one attached hydrogen (secondary N) is 1. The summed E-state index contributed by atoms with van der Waals surface area (Å²) in [5.41, 5.74) is 0.528. The van der Waals surface area contributed by atoms with Gasteiger partial charge in [-0.25, -0.2) is 4.98 Å². The zero-order valence-electron chi connectivity index (χ0n) is 9.68. The SMILES string of the molecule is CCN(c1ccc(C#N)cn1)C1CCNC1=O. The van der Waals surface area contributed by atoms with Crippen LogP contribution in [0.15, 0.2) is 18.3 Å². The van der Waals surface area contributed by atoms with Crippen LogP contribution in [0, 0.1) is 11.3 Å². The van der Waals surface area contributed by atoms with Crippen molar-refractivity contribution in [1.29, 1.82) is 5.26 Å². The average Bonchev–Trinajstić information content (AvgIpc) is 2.78. The lowest BCUT2D eigenvalue weighted by atomic mass is 10.2. The van der Waals surface area contributed by atoms with E-state index < -0.39 is 0 Å². The number of likely N-dealkylation sites (N-methyl/N-ethyl adjacent to an activating group) is 1. The number of carbonyl (C=O) groups excluding carboxylic acids is 1. The number of hydrogen-bond donors (Lipinski definition) is 1. The second kappa shape index (κ2) is 4.83. The van der Waals surface area contributed by atoms with Crippen LogP contribution >= 0.6 is 0 Å². The van der Waals surface area contributed by atoms with Crippen molar-refractivity contribution in [2.24, 2.45) is 0 Å². The van der Waals surface area contributed by atoms with Gasteiger partial charge in [0.1, 0.15) is 17.9 Å². The zero-order chi connectivity index (χ0) is 12.3. The van der Waals surface area contributed by atoms with Crippen LogP contribution in [0.5, 0.6) is 0 Å². The average molecular weight is 230 g/mol. The predicted octanol–water partition coefficient (Wildman–Crippen LogP) is 0.668. The number of rotatable bonds is 3. The van der Waals surface area contributed by atoms with Crippen LogP contribution in [-0.4, -0.2) is 30.0 Å². The molecular formula is C12H14N4O. The Morgan fingerprint density at radius 3 is 2.94 bits per heavy atom. The number of aromatic nitrogens is 1.